The molecule has 106 valence electrons. The van der Waals surface area contributed by atoms with E-state index < -0.39 is 0 Å². The maximum Gasteiger partial charge on any atom is 0.119 e. The first-order chi connectivity index (χ1) is 9.20. The van der Waals surface area contributed by atoms with E-state index in [0.29, 0.717) is 6.04 Å². The van der Waals surface area contributed by atoms with Gasteiger partial charge in [-0.15, -0.1) is 0 Å². The van der Waals surface area contributed by atoms with Crippen LogP contribution in [0, 0.1) is 0 Å². The van der Waals surface area contributed by atoms with Crippen molar-refractivity contribution in [2.24, 2.45) is 0 Å². The van der Waals surface area contributed by atoms with E-state index in [0.717, 1.165) is 17.5 Å². The van der Waals surface area contributed by atoms with Crippen LogP contribution in [0.25, 0.3) is 0 Å². The van der Waals surface area contributed by atoms with Crippen molar-refractivity contribution in [1.82, 2.24) is 5.32 Å². The molecule has 1 aliphatic rings. The summed E-state index contributed by atoms with van der Waals surface area (Å²) in [5.41, 5.74) is 1.39. The quantitative estimate of drug-likeness (QED) is 0.850. The Hall–Kier alpha value is -0.670. The topological polar surface area (TPSA) is 21.3 Å². The molecule has 1 aliphatic heterocycles. The number of hydrogen-bond donors (Lipinski definition) is 1. The van der Waals surface area contributed by atoms with Crippen LogP contribution in [0.5, 0.6) is 5.75 Å². The van der Waals surface area contributed by atoms with Crippen LogP contribution in [-0.4, -0.2) is 23.7 Å². The zero-order chi connectivity index (χ0) is 13.7. The summed E-state index contributed by atoms with van der Waals surface area (Å²) in [5.74, 6) is 2.27. The average molecular weight is 279 g/mol. The average Bonchev–Trinajstić information content (AvgIpc) is 2.90. The van der Waals surface area contributed by atoms with Crippen LogP contribution in [0.2, 0.25) is 0 Å². The Bertz CT molecular complexity index is 371. The maximum atomic E-state index is 5.71. The summed E-state index contributed by atoms with van der Waals surface area (Å²) in [6.07, 6.45) is 2.92. The minimum atomic E-state index is 0.237. The maximum absolute atomic E-state index is 5.71. The smallest absolute Gasteiger partial charge is 0.119 e. The summed E-state index contributed by atoms with van der Waals surface area (Å²) < 4.78 is 5.71. The second-order valence-electron chi connectivity index (χ2n) is 5.32. The van der Waals surface area contributed by atoms with Crippen LogP contribution in [0.1, 0.15) is 45.2 Å². The predicted molar refractivity (Wildman–Crippen MR) is 84.1 cm³/mol. The molecule has 3 heteroatoms. The SMILES string of the molecule is CCNC(c1ccc(OC(C)C)cc1)C1CCCS1. The van der Waals surface area contributed by atoms with E-state index in [-0.39, 0.29) is 6.10 Å². The lowest BCUT2D eigenvalue weighted by atomic mass is 10.0. The van der Waals surface area contributed by atoms with Crippen LogP contribution in [0.3, 0.4) is 0 Å². The fourth-order valence-corrected chi connectivity index (χ4v) is 3.99. The first kappa shape index (κ1) is 14.7. The summed E-state index contributed by atoms with van der Waals surface area (Å²) in [6.45, 7) is 7.32. The fraction of sp³-hybridized carbons (Fsp3) is 0.625. The van der Waals surface area contributed by atoms with E-state index in [1.54, 1.807) is 0 Å². The van der Waals surface area contributed by atoms with E-state index in [9.17, 15) is 0 Å². The molecule has 0 spiro atoms. The lowest BCUT2D eigenvalue weighted by Crippen LogP contribution is -2.28. The van der Waals surface area contributed by atoms with E-state index in [4.69, 9.17) is 4.74 Å². The van der Waals surface area contributed by atoms with Gasteiger partial charge in [-0.2, -0.15) is 11.8 Å². The van der Waals surface area contributed by atoms with Crippen molar-refractivity contribution >= 4 is 11.8 Å². The molecule has 19 heavy (non-hydrogen) atoms. The number of ether oxygens (including phenoxy) is 1. The van der Waals surface area contributed by atoms with Crippen LogP contribution in [-0.2, 0) is 0 Å². The van der Waals surface area contributed by atoms with Crippen molar-refractivity contribution < 1.29 is 4.74 Å². The minimum absolute atomic E-state index is 0.237. The van der Waals surface area contributed by atoms with Crippen molar-refractivity contribution in [3.8, 4) is 5.75 Å². The Balaban J connectivity index is 2.08. The third-order valence-corrected chi connectivity index (χ3v) is 4.83. The first-order valence-electron chi connectivity index (χ1n) is 7.32. The number of benzene rings is 1. The largest absolute Gasteiger partial charge is 0.491 e. The molecule has 0 amide bonds. The van der Waals surface area contributed by atoms with Crippen molar-refractivity contribution in [3.05, 3.63) is 29.8 Å². The van der Waals surface area contributed by atoms with Crippen LogP contribution >= 0.6 is 11.8 Å². The van der Waals surface area contributed by atoms with E-state index in [2.05, 4.69) is 62.1 Å². The Morgan fingerprint density at radius 3 is 2.58 bits per heavy atom. The van der Waals surface area contributed by atoms with Gasteiger partial charge >= 0.3 is 0 Å². The number of nitrogens with one attached hydrogen (secondary N) is 1. The molecule has 0 saturated carbocycles. The molecule has 0 bridgehead atoms. The highest BCUT2D eigenvalue weighted by molar-refractivity contribution is 8.00. The molecule has 2 nitrogen and oxygen atoms in total. The summed E-state index contributed by atoms with van der Waals surface area (Å²) in [6, 6.07) is 9.09. The summed E-state index contributed by atoms with van der Waals surface area (Å²) in [5, 5.41) is 4.36. The molecule has 1 N–H and O–H groups in total. The Labute approximate surface area is 121 Å². The molecule has 2 rings (SSSR count). The molecular weight excluding hydrogens is 254 g/mol. The van der Waals surface area contributed by atoms with Crippen molar-refractivity contribution in [2.75, 3.05) is 12.3 Å². The lowest BCUT2D eigenvalue weighted by Gasteiger charge is -2.24. The van der Waals surface area contributed by atoms with Gasteiger partial charge < -0.3 is 10.1 Å². The highest BCUT2D eigenvalue weighted by atomic mass is 32.2. The van der Waals surface area contributed by atoms with Gasteiger partial charge in [-0.05, 0) is 56.7 Å². The van der Waals surface area contributed by atoms with Gasteiger partial charge in [-0.25, -0.2) is 0 Å². The van der Waals surface area contributed by atoms with Crippen LogP contribution < -0.4 is 10.1 Å². The Kier molecular flexibility index (Phi) is 5.59. The fourth-order valence-electron chi connectivity index (χ4n) is 2.58. The molecule has 1 fully saturated rings. The van der Waals surface area contributed by atoms with Gasteiger partial charge in [0.1, 0.15) is 5.75 Å². The van der Waals surface area contributed by atoms with Gasteiger partial charge in [0, 0.05) is 11.3 Å². The molecule has 0 aliphatic carbocycles. The number of rotatable bonds is 6. The zero-order valence-corrected chi connectivity index (χ0v) is 13.0. The molecule has 2 atom stereocenters. The number of hydrogen-bond acceptors (Lipinski definition) is 3. The Morgan fingerprint density at radius 1 is 1.32 bits per heavy atom. The van der Waals surface area contributed by atoms with Gasteiger partial charge in [-0.3, -0.25) is 0 Å². The second-order valence-corrected chi connectivity index (χ2v) is 6.67. The van der Waals surface area contributed by atoms with Gasteiger partial charge in [0.15, 0.2) is 0 Å². The molecule has 1 saturated heterocycles. The van der Waals surface area contributed by atoms with Crippen LogP contribution in [0.4, 0.5) is 0 Å². The zero-order valence-electron chi connectivity index (χ0n) is 12.2. The highest BCUT2D eigenvalue weighted by Gasteiger charge is 2.26. The van der Waals surface area contributed by atoms with Crippen molar-refractivity contribution in [2.45, 2.75) is 51.0 Å². The molecule has 0 aromatic heterocycles. The molecule has 1 aromatic carbocycles. The molecule has 1 heterocycles. The monoisotopic (exact) mass is 279 g/mol. The molecule has 1 aromatic rings. The normalized spacial score (nSPS) is 20.7. The van der Waals surface area contributed by atoms with Gasteiger partial charge in [0.05, 0.1) is 6.10 Å². The molecular formula is C16H25NOS. The lowest BCUT2D eigenvalue weighted by molar-refractivity contribution is 0.242. The van der Waals surface area contributed by atoms with E-state index >= 15 is 0 Å². The van der Waals surface area contributed by atoms with Gasteiger partial charge in [0.2, 0.25) is 0 Å². The first-order valence-corrected chi connectivity index (χ1v) is 8.37. The summed E-state index contributed by atoms with van der Waals surface area (Å²) >= 11 is 2.11. The van der Waals surface area contributed by atoms with Gasteiger partial charge in [-0.1, -0.05) is 19.1 Å². The highest BCUT2D eigenvalue weighted by Crippen LogP contribution is 2.36. The van der Waals surface area contributed by atoms with Crippen LogP contribution in [0.15, 0.2) is 24.3 Å². The number of thioether (sulfide) groups is 1. The van der Waals surface area contributed by atoms with Gasteiger partial charge in [0.25, 0.3) is 0 Å². The summed E-state index contributed by atoms with van der Waals surface area (Å²) in [4.78, 5) is 0. The standard InChI is InChI=1S/C16H25NOS/c1-4-17-16(15-6-5-11-19-15)13-7-9-14(10-8-13)18-12(2)3/h7-10,12,15-17H,4-6,11H2,1-3H3. The third kappa shape index (κ3) is 4.15. The van der Waals surface area contributed by atoms with Crippen molar-refractivity contribution in [1.29, 1.82) is 0 Å². The molecule has 2 unspecified atom stereocenters. The minimum Gasteiger partial charge on any atom is -0.491 e. The van der Waals surface area contributed by atoms with E-state index in [1.807, 2.05) is 0 Å². The second kappa shape index (κ2) is 7.20. The summed E-state index contributed by atoms with van der Waals surface area (Å²) in [7, 11) is 0. The van der Waals surface area contributed by atoms with E-state index in [1.165, 1.54) is 24.2 Å². The third-order valence-electron chi connectivity index (χ3n) is 3.37. The Morgan fingerprint density at radius 2 is 2.05 bits per heavy atom. The predicted octanol–water partition coefficient (Wildman–Crippen LogP) is 4.02. The van der Waals surface area contributed by atoms with Crippen molar-refractivity contribution in [3.63, 3.8) is 0 Å². The molecule has 0 radical (unpaired) electrons.